The van der Waals surface area contributed by atoms with Gasteiger partial charge in [0.1, 0.15) is 0 Å². The maximum Gasteiger partial charge on any atom is 0.0579 e. The van der Waals surface area contributed by atoms with E-state index in [2.05, 4.69) is 20.8 Å². The minimum absolute atomic E-state index is 0.449. The van der Waals surface area contributed by atoms with Crippen molar-refractivity contribution in [1.29, 1.82) is 0 Å². The van der Waals surface area contributed by atoms with Crippen LogP contribution in [0.3, 0.4) is 0 Å². The molecule has 1 fully saturated rings. The van der Waals surface area contributed by atoms with Crippen LogP contribution in [0.5, 0.6) is 0 Å². The van der Waals surface area contributed by atoms with E-state index >= 15 is 0 Å². The van der Waals surface area contributed by atoms with E-state index in [0.29, 0.717) is 18.1 Å². The van der Waals surface area contributed by atoms with Crippen LogP contribution in [0.15, 0.2) is 0 Å². The van der Waals surface area contributed by atoms with Crippen LogP contribution in [-0.4, -0.2) is 12.2 Å². The van der Waals surface area contributed by atoms with E-state index in [4.69, 9.17) is 4.74 Å². The Morgan fingerprint density at radius 1 is 1.20 bits per heavy atom. The largest absolute Gasteiger partial charge is 0.375 e. The summed E-state index contributed by atoms with van der Waals surface area (Å²) in [5.41, 5.74) is 0. The Morgan fingerprint density at radius 2 is 1.80 bits per heavy atom. The Hall–Kier alpha value is -0.0400. The molecule has 1 rings (SSSR count). The van der Waals surface area contributed by atoms with Gasteiger partial charge in [0.25, 0.3) is 0 Å². The van der Waals surface area contributed by atoms with Crippen molar-refractivity contribution in [3.05, 3.63) is 0 Å². The van der Waals surface area contributed by atoms with E-state index < -0.39 is 0 Å². The van der Waals surface area contributed by atoms with Gasteiger partial charge in [-0.2, -0.15) is 0 Å². The van der Waals surface area contributed by atoms with Gasteiger partial charge in [0.15, 0.2) is 0 Å². The molecule has 10 heavy (non-hydrogen) atoms. The van der Waals surface area contributed by atoms with Crippen LogP contribution in [0, 0.1) is 5.92 Å². The highest BCUT2D eigenvalue weighted by atomic mass is 16.5. The summed E-state index contributed by atoms with van der Waals surface area (Å²) < 4.78 is 5.75. The highest BCUT2D eigenvalue weighted by Crippen LogP contribution is 2.24. The first-order valence-corrected chi connectivity index (χ1v) is 4.35. The van der Waals surface area contributed by atoms with E-state index in [0.717, 1.165) is 0 Å². The van der Waals surface area contributed by atoms with Gasteiger partial charge in [-0.25, -0.2) is 0 Å². The lowest BCUT2D eigenvalue weighted by Crippen LogP contribution is -2.28. The Kier molecular flexibility index (Phi) is 2.72. The van der Waals surface area contributed by atoms with Gasteiger partial charge in [-0.3, -0.25) is 0 Å². The van der Waals surface area contributed by atoms with E-state index in [1.165, 1.54) is 19.3 Å². The Morgan fingerprint density at radius 3 is 2.10 bits per heavy atom. The second-order valence-electron chi connectivity index (χ2n) is 3.64. The fourth-order valence-corrected chi connectivity index (χ4v) is 0.968. The van der Waals surface area contributed by atoms with Crippen LogP contribution in [0.25, 0.3) is 0 Å². The maximum atomic E-state index is 5.75. The predicted molar refractivity (Wildman–Crippen MR) is 43.0 cm³/mol. The summed E-state index contributed by atoms with van der Waals surface area (Å²) in [5.74, 6) is 0.667. The Labute approximate surface area is 63.8 Å². The molecule has 1 heteroatoms. The van der Waals surface area contributed by atoms with Gasteiger partial charge in [-0.15, -0.1) is 0 Å². The molecule has 0 spiro atoms. The first-order valence-electron chi connectivity index (χ1n) is 4.35. The molecule has 0 amide bonds. The lowest BCUT2D eigenvalue weighted by molar-refractivity contribution is -0.0610. The van der Waals surface area contributed by atoms with Gasteiger partial charge in [0.2, 0.25) is 0 Å². The zero-order chi connectivity index (χ0) is 7.56. The molecule has 0 radical (unpaired) electrons. The Balaban J connectivity index is 2.10. The summed E-state index contributed by atoms with van der Waals surface area (Å²) >= 11 is 0. The highest BCUT2D eigenvalue weighted by molar-refractivity contribution is 4.71. The molecule has 0 aromatic carbocycles. The first-order chi connectivity index (χ1) is 4.70. The van der Waals surface area contributed by atoms with Crippen molar-refractivity contribution < 1.29 is 4.74 Å². The summed E-state index contributed by atoms with van der Waals surface area (Å²) in [5, 5.41) is 0. The van der Waals surface area contributed by atoms with Crippen molar-refractivity contribution in [2.75, 3.05) is 0 Å². The molecule has 1 aliphatic rings. The molecule has 0 aromatic heterocycles. The van der Waals surface area contributed by atoms with Crippen molar-refractivity contribution in [3.63, 3.8) is 0 Å². The molecule has 60 valence electrons. The van der Waals surface area contributed by atoms with E-state index in [1.54, 1.807) is 0 Å². The molecule has 1 nitrogen and oxygen atoms in total. The standard InChI is InChI=1S/C9H18O/c1-7(2)8(3)10-9-5-4-6-9/h7-9H,4-6H2,1-3H3/t8-/m1/s1. The summed E-state index contributed by atoms with van der Waals surface area (Å²) in [6, 6.07) is 0. The van der Waals surface area contributed by atoms with E-state index in [-0.39, 0.29) is 0 Å². The van der Waals surface area contributed by atoms with Crippen molar-refractivity contribution in [2.24, 2.45) is 5.92 Å². The molecule has 0 N–H and O–H groups in total. The van der Waals surface area contributed by atoms with Gasteiger partial charge in [0, 0.05) is 0 Å². The molecular weight excluding hydrogens is 124 g/mol. The van der Waals surface area contributed by atoms with Gasteiger partial charge < -0.3 is 4.74 Å². The average molecular weight is 142 g/mol. The number of rotatable bonds is 3. The summed E-state index contributed by atoms with van der Waals surface area (Å²) in [6.45, 7) is 6.59. The monoisotopic (exact) mass is 142 g/mol. The first kappa shape index (κ1) is 8.06. The normalized spacial score (nSPS) is 22.8. The molecular formula is C9H18O. The molecule has 1 atom stereocenters. The molecule has 0 aromatic rings. The fraction of sp³-hybridized carbons (Fsp3) is 1.00. The molecule has 1 saturated carbocycles. The van der Waals surface area contributed by atoms with Crippen LogP contribution in [0.2, 0.25) is 0 Å². The van der Waals surface area contributed by atoms with Crippen LogP contribution in [0.4, 0.5) is 0 Å². The third-order valence-electron chi connectivity index (χ3n) is 2.40. The van der Waals surface area contributed by atoms with Crippen molar-refractivity contribution in [3.8, 4) is 0 Å². The molecule has 0 aliphatic heterocycles. The van der Waals surface area contributed by atoms with Gasteiger partial charge >= 0.3 is 0 Å². The highest BCUT2D eigenvalue weighted by Gasteiger charge is 2.21. The van der Waals surface area contributed by atoms with E-state index in [1.807, 2.05) is 0 Å². The van der Waals surface area contributed by atoms with Crippen LogP contribution in [-0.2, 0) is 4.74 Å². The average Bonchev–Trinajstić information content (AvgIpc) is 1.77. The minimum atomic E-state index is 0.449. The number of hydrogen-bond donors (Lipinski definition) is 0. The van der Waals surface area contributed by atoms with Crippen molar-refractivity contribution in [1.82, 2.24) is 0 Å². The molecule has 0 bridgehead atoms. The molecule has 0 heterocycles. The maximum absolute atomic E-state index is 5.75. The molecule has 0 saturated heterocycles. The lowest BCUT2D eigenvalue weighted by Gasteiger charge is -2.30. The van der Waals surface area contributed by atoms with Gasteiger partial charge in [-0.1, -0.05) is 13.8 Å². The smallest absolute Gasteiger partial charge is 0.0579 e. The minimum Gasteiger partial charge on any atom is -0.375 e. The number of hydrogen-bond acceptors (Lipinski definition) is 1. The summed E-state index contributed by atoms with van der Waals surface area (Å²) in [4.78, 5) is 0. The number of ether oxygens (including phenoxy) is 1. The van der Waals surface area contributed by atoms with Crippen molar-refractivity contribution in [2.45, 2.75) is 52.2 Å². The zero-order valence-corrected chi connectivity index (χ0v) is 7.26. The summed E-state index contributed by atoms with van der Waals surface area (Å²) in [7, 11) is 0. The predicted octanol–water partition coefficient (Wildman–Crippen LogP) is 2.60. The van der Waals surface area contributed by atoms with Crippen LogP contribution >= 0.6 is 0 Å². The topological polar surface area (TPSA) is 9.23 Å². The fourth-order valence-electron chi connectivity index (χ4n) is 0.968. The van der Waals surface area contributed by atoms with Crippen LogP contribution < -0.4 is 0 Å². The lowest BCUT2D eigenvalue weighted by atomic mass is 9.95. The quantitative estimate of drug-likeness (QED) is 0.588. The van der Waals surface area contributed by atoms with Gasteiger partial charge in [-0.05, 0) is 32.1 Å². The zero-order valence-electron chi connectivity index (χ0n) is 7.26. The second kappa shape index (κ2) is 3.38. The van der Waals surface area contributed by atoms with E-state index in [9.17, 15) is 0 Å². The Bertz CT molecular complexity index is 94.9. The molecule has 1 aliphatic carbocycles. The van der Waals surface area contributed by atoms with Crippen molar-refractivity contribution >= 4 is 0 Å². The third-order valence-corrected chi connectivity index (χ3v) is 2.40. The van der Waals surface area contributed by atoms with Gasteiger partial charge in [0.05, 0.1) is 12.2 Å². The third kappa shape index (κ3) is 1.98. The molecule has 0 unspecified atom stereocenters. The van der Waals surface area contributed by atoms with Crippen LogP contribution in [0.1, 0.15) is 40.0 Å². The summed E-state index contributed by atoms with van der Waals surface area (Å²) in [6.07, 6.45) is 4.99. The second-order valence-corrected chi connectivity index (χ2v) is 3.64. The SMILES string of the molecule is CC(C)[C@@H](C)OC1CCC1.